The van der Waals surface area contributed by atoms with E-state index >= 15 is 0 Å². The number of nitrogens with zero attached hydrogens (tertiary/aromatic N) is 1. The number of amides is 2. The third-order valence-electron chi connectivity index (χ3n) is 3.56. The van der Waals surface area contributed by atoms with Gasteiger partial charge in [0, 0.05) is 30.3 Å². The number of carbonyl (C=O) groups excluding carboxylic acids is 1. The Kier molecular flexibility index (Phi) is 5.68. The maximum absolute atomic E-state index is 11.7. The van der Waals surface area contributed by atoms with Crippen LogP contribution in [0.2, 0.25) is 5.02 Å². The van der Waals surface area contributed by atoms with E-state index in [2.05, 4.69) is 22.5 Å². The van der Waals surface area contributed by atoms with Crippen LogP contribution in [0.4, 0.5) is 10.5 Å². The lowest BCUT2D eigenvalue weighted by atomic mass is 10.0. The fraction of sp³-hybridized carbons (Fsp3) is 0.533. The van der Waals surface area contributed by atoms with E-state index in [0.29, 0.717) is 11.6 Å². The highest BCUT2D eigenvalue weighted by Gasteiger charge is 2.15. The molecular weight excluding hydrogens is 274 g/mol. The van der Waals surface area contributed by atoms with Crippen LogP contribution in [0.15, 0.2) is 24.3 Å². The van der Waals surface area contributed by atoms with Gasteiger partial charge in [-0.15, -0.1) is 0 Å². The summed E-state index contributed by atoms with van der Waals surface area (Å²) in [5.41, 5.74) is 0.749. The summed E-state index contributed by atoms with van der Waals surface area (Å²) in [5, 5.41) is 6.33. The molecule has 1 heterocycles. The van der Waals surface area contributed by atoms with E-state index in [1.54, 1.807) is 24.3 Å². The van der Waals surface area contributed by atoms with Gasteiger partial charge in [0.05, 0.1) is 0 Å². The SMILES string of the molecule is C[C@@H]1CCCN(CCNC(=O)Nc2ccc(Cl)cc2)C1. The Bertz CT molecular complexity index is 435. The number of hydrogen-bond donors (Lipinski definition) is 2. The van der Waals surface area contributed by atoms with Crippen molar-refractivity contribution in [1.82, 2.24) is 10.2 Å². The lowest BCUT2D eigenvalue weighted by Gasteiger charge is -2.30. The first-order chi connectivity index (χ1) is 9.63. The average Bonchev–Trinajstić information content (AvgIpc) is 2.41. The number of rotatable bonds is 4. The van der Waals surface area contributed by atoms with Gasteiger partial charge < -0.3 is 15.5 Å². The summed E-state index contributed by atoms with van der Waals surface area (Å²) < 4.78 is 0. The molecule has 0 unspecified atom stereocenters. The van der Waals surface area contributed by atoms with Crippen molar-refractivity contribution in [3.63, 3.8) is 0 Å². The van der Waals surface area contributed by atoms with Crippen LogP contribution in [0.5, 0.6) is 0 Å². The number of likely N-dealkylation sites (tertiary alicyclic amines) is 1. The van der Waals surface area contributed by atoms with Crippen molar-refractivity contribution in [2.24, 2.45) is 5.92 Å². The van der Waals surface area contributed by atoms with Gasteiger partial charge in [-0.2, -0.15) is 0 Å². The van der Waals surface area contributed by atoms with Crippen LogP contribution in [0.25, 0.3) is 0 Å². The molecule has 1 saturated heterocycles. The second-order valence-corrected chi connectivity index (χ2v) is 5.87. The number of anilines is 1. The summed E-state index contributed by atoms with van der Waals surface area (Å²) in [6.07, 6.45) is 2.58. The van der Waals surface area contributed by atoms with Gasteiger partial charge >= 0.3 is 6.03 Å². The zero-order valence-electron chi connectivity index (χ0n) is 11.9. The van der Waals surface area contributed by atoms with Crippen molar-refractivity contribution in [2.45, 2.75) is 19.8 Å². The van der Waals surface area contributed by atoms with Gasteiger partial charge in [0.2, 0.25) is 0 Å². The Morgan fingerprint density at radius 3 is 2.85 bits per heavy atom. The molecule has 1 aromatic carbocycles. The minimum Gasteiger partial charge on any atom is -0.337 e. The van der Waals surface area contributed by atoms with Crippen molar-refractivity contribution >= 4 is 23.3 Å². The average molecular weight is 296 g/mol. The molecule has 1 aliphatic rings. The summed E-state index contributed by atoms with van der Waals surface area (Å²) >= 11 is 5.80. The Morgan fingerprint density at radius 2 is 2.15 bits per heavy atom. The molecule has 2 amide bonds. The molecule has 2 rings (SSSR count). The van der Waals surface area contributed by atoms with Gasteiger partial charge in [-0.25, -0.2) is 4.79 Å². The normalized spacial score (nSPS) is 19.6. The number of halogens is 1. The maximum atomic E-state index is 11.7. The van der Waals surface area contributed by atoms with E-state index in [9.17, 15) is 4.79 Å². The quantitative estimate of drug-likeness (QED) is 0.896. The van der Waals surface area contributed by atoms with Crippen LogP contribution < -0.4 is 10.6 Å². The van der Waals surface area contributed by atoms with Gasteiger partial charge in [0.15, 0.2) is 0 Å². The predicted octanol–water partition coefficient (Wildman–Crippen LogP) is 3.19. The molecule has 0 spiro atoms. The fourth-order valence-electron chi connectivity index (χ4n) is 2.53. The maximum Gasteiger partial charge on any atom is 0.319 e. The highest BCUT2D eigenvalue weighted by molar-refractivity contribution is 6.30. The molecule has 0 aromatic heterocycles. The van der Waals surface area contributed by atoms with E-state index in [1.807, 2.05) is 0 Å². The first kappa shape index (κ1) is 15.1. The Hall–Kier alpha value is -1.26. The van der Waals surface area contributed by atoms with Crippen molar-refractivity contribution in [1.29, 1.82) is 0 Å². The van der Waals surface area contributed by atoms with Crippen LogP contribution in [0.1, 0.15) is 19.8 Å². The minimum atomic E-state index is -0.169. The molecular formula is C15H22ClN3O. The van der Waals surface area contributed by atoms with Crippen LogP contribution in [0.3, 0.4) is 0 Å². The summed E-state index contributed by atoms with van der Waals surface area (Å²) in [6, 6.07) is 6.92. The second kappa shape index (κ2) is 7.50. The van der Waals surface area contributed by atoms with Gasteiger partial charge in [-0.3, -0.25) is 0 Å². The van der Waals surface area contributed by atoms with Crippen LogP contribution in [-0.4, -0.2) is 37.1 Å². The van der Waals surface area contributed by atoms with Crippen LogP contribution in [0, 0.1) is 5.92 Å². The van der Waals surface area contributed by atoms with E-state index < -0.39 is 0 Å². The molecule has 1 fully saturated rings. The van der Waals surface area contributed by atoms with Crippen molar-refractivity contribution in [2.75, 3.05) is 31.5 Å². The number of hydrogen-bond acceptors (Lipinski definition) is 2. The van der Waals surface area contributed by atoms with Crippen LogP contribution >= 0.6 is 11.6 Å². The highest BCUT2D eigenvalue weighted by Crippen LogP contribution is 2.15. The first-order valence-corrected chi connectivity index (χ1v) is 7.54. The zero-order chi connectivity index (χ0) is 14.4. The van der Waals surface area contributed by atoms with Gasteiger partial charge in [-0.1, -0.05) is 18.5 Å². The number of nitrogens with one attached hydrogen (secondary N) is 2. The van der Waals surface area contributed by atoms with Crippen molar-refractivity contribution in [3.8, 4) is 0 Å². The molecule has 0 saturated carbocycles. The van der Waals surface area contributed by atoms with Crippen molar-refractivity contribution in [3.05, 3.63) is 29.3 Å². The van der Waals surface area contributed by atoms with Gasteiger partial charge in [0.1, 0.15) is 0 Å². The second-order valence-electron chi connectivity index (χ2n) is 5.44. The molecule has 2 N–H and O–H groups in total. The molecule has 4 nitrogen and oxygen atoms in total. The van der Waals surface area contributed by atoms with Crippen molar-refractivity contribution < 1.29 is 4.79 Å². The lowest BCUT2D eigenvalue weighted by molar-refractivity contribution is 0.184. The Balaban J connectivity index is 1.66. The molecule has 0 bridgehead atoms. The minimum absolute atomic E-state index is 0.169. The Morgan fingerprint density at radius 1 is 1.40 bits per heavy atom. The third-order valence-corrected chi connectivity index (χ3v) is 3.81. The third kappa shape index (κ3) is 5.02. The highest BCUT2D eigenvalue weighted by atomic mass is 35.5. The standard InChI is InChI=1S/C15H22ClN3O/c1-12-3-2-9-19(11-12)10-8-17-15(20)18-14-6-4-13(16)5-7-14/h4-7,12H,2-3,8-11H2,1H3,(H2,17,18,20)/t12-/m1/s1. The summed E-state index contributed by atoms with van der Waals surface area (Å²) in [7, 11) is 0. The lowest BCUT2D eigenvalue weighted by Crippen LogP contribution is -2.41. The predicted molar refractivity (Wildman–Crippen MR) is 83.3 cm³/mol. The fourth-order valence-corrected chi connectivity index (χ4v) is 2.65. The van der Waals surface area contributed by atoms with Gasteiger partial charge in [0.25, 0.3) is 0 Å². The smallest absolute Gasteiger partial charge is 0.319 e. The molecule has 5 heteroatoms. The van der Waals surface area contributed by atoms with E-state index in [4.69, 9.17) is 11.6 Å². The van der Waals surface area contributed by atoms with E-state index in [-0.39, 0.29) is 6.03 Å². The monoisotopic (exact) mass is 295 g/mol. The molecule has 110 valence electrons. The Labute approximate surface area is 125 Å². The number of piperidine rings is 1. The largest absolute Gasteiger partial charge is 0.337 e. The number of urea groups is 1. The van der Waals surface area contributed by atoms with Gasteiger partial charge in [-0.05, 0) is 49.6 Å². The molecule has 20 heavy (non-hydrogen) atoms. The number of benzene rings is 1. The topological polar surface area (TPSA) is 44.4 Å². The number of carbonyl (C=O) groups is 1. The molecule has 1 atom stereocenters. The summed E-state index contributed by atoms with van der Waals surface area (Å²) in [6.45, 7) is 6.16. The zero-order valence-corrected chi connectivity index (χ0v) is 12.6. The molecule has 0 aliphatic carbocycles. The summed E-state index contributed by atoms with van der Waals surface area (Å²) in [5.74, 6) is 0.770. The van der Waals surface area contributed by atoms with Crippen LogP contribution in [-0.2, 0) is 0 Å². The van der Waals surface area contributed by atoms with E-state index in [1.165, 1.54) is 12.8 Å². The first-order valence-electron chi connectivity index (χ1n) is 7.16. The molecule has 1 aliphatic heterocycles. The molecule has 0 radical (unpaired) electrons. The summed E-state index contributed by atoms with van der Waals surface area (Å²) in [4.78, 5) is 14.1. The molecule has 1 aromatic rings. The van der Waals surface area contributed by atoms with E-state index in [0.717, 1.165) is 31.2 Å².